The molecule has 3 rings (SSSR count). The molecule has 0 radical (unpaired) electrons. The number of nitrogens with two attached hydrogens (primary N) is 1. The number of anilines is 2. The van der Waals surface area contributed by atoms with Crippen molar-refractivity contribution in [3.05, 3.63) is 59.9 Å². The summed E-state index contributed by atoms with van der Waals surface area (Å²) in [6, 6.07) is 15.0. The van der Waals surface area contributed by atoms with Crippen molar-refractivity contribution in [3.63, 3.8) is 0 Å². The number of nitrogens with zero attached hydrogens (tertiary/aromatic N) is 2. The van der Waals surface area contributed by atoms with Crippen molar-refractivity contribution < 1.29 is 4.39 Å². The molecule has 4 heteroatoms. The average molecular weight is 313 g/mol. The smallest absolute Gasteiger partial charge is 0.123 e. The summed E-state index contributed by atoms with van der Waals surface area (Å²) in [6.45, 7) is 5.32. The summed E-state index contributed by atoms with van der Waals surface area (Å²) in [4.78, 5) is 4.90. The van der Waals surface area contributed by atoms with Crippen molar-refractivity contribution in [2.75, 3.05) is 43.4 Å². The minimum Gasteiger partial charge on any atom is -0.399 e. The van der Waals surface area contributed by atoms with E-state index in [2.05, 4.69) is 21.9 Å². The monoisotopic (exact) mass is 313 g/mol. The zero-order valence-electron chi connectivity index (χ0n) is 13.4. The van der Waals surface area contributed by atoms with Crippen LogP contribution in [0.5, 0.6) is 0 Å². The van der Waals surface area contributed by atoms with Crippen LogP contribution in [0.4, 0.5) is 15.8 Å². The molecule has 23 heavy (non-hydrogen) atoms. The van der Waals surface area contributed by atoms with Crippen molar-refractivity contribution in [2.45, 2.75) is 12.8 Å². The largest absolute Gasteiger partial charge is 0.399 e. The fourth-order valence-corrected chi connectivity index (χ4v) is 3.11. The normalized spacial score (nSPS) is 15.8. The van der Waals surface area contributed by atoms with Crippen LogP contribution in [0.1, 0.15) is 12.0 Å². The van der Waals surface area contributed by atoms with Crippen LogP contribution < -0.4 is 10.6 Å². The minimum atomic E-state index is -0.139. The number of benzene rings is 2. The third-order valence-corrected chi connectivity index (χ3v) is 4.46. The molecule has 0 atom stereocenters. The fourth-order valence-electron chi connectivity index (χ4n) is 3.11. The second-order valence-electron chi connectivity index (χ2n) is 6.15. The summed E-state index contributed by atoms with van der Waals surface area (Å²) >= 11 is 0. The molecule has 2 aromatic rings. The van der Waals surface area contributed by atoms with Gasteiger partial charge in [0.1, 0.15) is 5.82 Å². The van der Waals surface area contributed by atoms with Crippen LogP contribution in [0, 0.1) is 5.82 Å². The first-order valence-corrected chi connectivity index (χ1v) is 8.28. The molecule has 1 aliphatic rings. The van der Waals surface area contributed by atoms with Crippen molar-refractivity contribution in [1.29, 1.82) is 0 Å². The standard InChI is InChI=1S/C19H24FN3/c20-17-5-1-3-16(15-17)4-2-10-22-11-13-23(14-12-22)19-8-6-18(21)7-9-19/h1,3,5-9,15H,2,4,10-14,21H2. The highest BCUT2D eigenvalue weighted by Crippen LogP contribution is 2.18. The lowest BCUT2D eigenvalue weighted by molar-refractivity contribution is 0.255. The number of hydrogen-bond acceptors (Lipinski definition) is 3. The van der Waals surface area contributed by atoms with Crippen molar-refractivity contribution >= 4 is 11.4 Å². The second kappa shape index (κ2) is 7.47. The Morgan fingerprint density at radius 3 is 2.39 bits per heavy atom. The maximum Gasteiger partial charge on any atom is 0.123 e. The third-order valence-electron chi connectivity index (χ3n) is 4.46. The van der Waals surface area contributed by atoms with E-state index >= 15 is 0 Å². The van der Waals surface area contributed by atoms with Crippen molar-refractivity contribution in [3.8, 4) is 0 Å². The Morgan fingerprint density at radius 2 is 1.70 bits per heavy atom. The van der Waals surface area contributed by atoms with Crippen molar-refractivity contribution in [1.82, 2.24) is 4.90 Å². The molecule has 1 fully saturated rings. The number of halogens is 1. The molecule has 0 spiro atoms. The molecule has 0 bridgehead atoms. The quantitative estimate of drug-likeness (QED) is 0.861. The van der Waals surface area contributed by atoms with E-state index in [-0.39, 0.29) is 5.82 Å². The zero-order chi connectivity index (χ0) is 16.1. The van der Waals surface area contributed by atoms with Crippen molar-refractivity contribution in [2.24, 2.45) is 0 Å². The first kappa shape index (κ1) is 15.8. The predicted octanol–water partition coefficient (Wildman–Crippen LogP) is 3.16. The van der Waals surface area contributed by atoms with E-state index in [0.29, 0.717) is 0 Å². The summed E-state index contributed by atoms with van der Waals surface area (Å²) in [7, 11) is 0. The Balaban J connectivity index is 1.41. The summed E-state index contributed by atoms with van der Waals surface area (Å²) in [5.41, 5.74) is 8.89. The van der Waals surface area contributed by atoms with Crippen LogP contribution in [0.2, 0.25) is 0 Å². The molecule has 0 unspecified atom stereocenters. The minimum absolute atomic E-state index is 0.139. The topological polar surface area (TPSA) is 32.5 Å². The molecule has 2 aromatic carbocycles. The van der Waals surface area contributed by atoms with Gasteiger partial charge in [0.15, 0.2) is 0 Å². The predicted molar refractivity (Wildman–Crippen MR) is 94.2 cm³/mol. The fraction of sp³-hybridized carbons (Fsp3) is 0.368. The van der Waals surface area contributed by atoms with E-state index in [4.69, 9.17) is 5.73 Å². The summed E-state index contributed by atoms with van der Waals surface area (Å²) < 4.78 is 13.2. The molecule has 0 amide bonds. The zero-order valence-corrected chi connectivity index (χ0v) is 13.4. The first-order chi connectivity index (χ1) is 11.2. The van der Waals surface area contributed by atoms with E-state index in [1.54, 1.807) is 12.1 Å². The van der Waals surface area contributed by atoms with Gasteiger partial charge in [0, 0.05) is 37.6 Å². The van der Waals surface area contributed by atoms with E-state index in [0.717, 1.165) is 56.8 Å². The van der Waals surface area contributed by atoms with Crippen LogP contribution >= 0.6 is 0 Å². The van der Waals surface area contributed by atoms with Crippen LogP contribution in [0.3, 0.4) is 0 Å². The molecule has 0 aromatic heterocycles. The van der Waals surface area contributed by atoms with E-state index in [1.165, 1.54) is 11.8 Å². The Hall–Kier alpha value is -2.07. The summed E-state index contributed by atoms with van der Waals surface area (Å²) in [6.07, 6.45) is 2.02. The first-order valence-electron chi connectivity index (χ1n) is 8.28. The maximum atomic E-state index is 13.2. The van der Waals surface area contributed by atoms with Gasteiger partial charge in [-0.3, -0.25) is 4.90 Å². The number of aryl methyl sites for hydroxylation is 1. The van der Waals surface area contributed by atoms with Crippen LogP contribution in [0.25, 0.3) is 0 Å². The Morgan fingerprint density at radius 1 is 0.957 bits per heavy atom. The number of hydrogen-bond donors (Lipinski definition) is 1. The highest BCUT2D eigenvalue weighted by Gasteiger charge is 2.16. The Bertz CT molecular complexity index is 619. The van der Waals surface area contributed by atoms with Gasteiger partial charge in [-0.1, -0.05) is 12.1 Å². The summed E-state index contributed by atoms with van der Waals surface area (Å²) in [5.74, 6) is -0.139. The van der Waals surface area contributed by atoms with E-state index < -0.39 is 0 Å². The lowest BCUT2D eigenvalue weighted by atomic mass is 10.1. The highest BCUT2D eigenvalue weighted by molar-refractivity contribution is 5.53. The van der Waals surface area contributed by atoms with E-state index in [1.807, 2.05) is 18.2 Å². The van der Waals surface area contributed by atoms with Crippen LogP contribution in [-0.2, 0) is 6.42 Å². The van der Waals surface area contributed by atoms with Gasteiger partial charge < -0.3 is 10.6 Å². The van der Waals surface area contributed by atoms with Gasteiger partial charge in [-0.15, -0.1) is 0 Å². The lowest BCUT2D eigenvalue weighted by Gasteiger charge is -2.36. The molecule has 1 saturated heterocycles. The molecule has 3 nitrogen and oxygen atoms in total. The average Bonchev–Trinajstić information content (AvgIpc) is 2.56. The number of nitrogen functional groups attached to an aromatic ring is 1. The van der Waals surface area contributed by atoms with Gasteiger partial charge in [0.25, 0.3) is 0 Å². The van der Waals surface area contributed by atoms with E-state index in [9.17, 15) is 4.39 Å². The van der Waals surface area contributed by atoms with Crippen LogP contribution in [0.15, 0.2) is 48.5 Å². The molecule has 2 N–H and O–H groups in total. The molecule has 0 saturated carbocycles. The molecule has 1 aliphatic heterocycles. The lowest BCUT2D eigenvalue weighted by Crippen LogP contribution is -2.46. The molecular formula is C19H24FN3. The summed E-state index contributed by atoms with van der Waals surface area (Å²) in [5, 5.41) is 0. The van der Waals surface area contributed by atoms with Gasteiger partial charge in [-0.05, 0) is 61.3 Å². The van der Waals surface area contributed by atoms with Crippen LogP contribution in [-0.4, -0.2) is 37.6 Å². The Kier molecular flexibility index (Phi) is 5.13. The SMILES string of the molecule is Nc1ccc(N2CCN(CCCc3cccc(F)c3)CC2)cc1. The number of rotatable bonds is 5. The van der Waals surface area contributed by atoms with Gasteiger partial charge in [-0.2, -0.15) is 0 Å². The van der Waals surface area contributed by atoms with Gasteiger partial charge in [0.2, 0.25) is 0 Å². The highest BCUT2D eigenvalue weighted by atomic mass is 19.1. The van der Waals surface area contributed by atoms with Gasteiger partial charge >= 0.3 is 0 Å². The Labute approximate surface area is 137 Å². The number of piperazine rings is 1. The molecule has 0 aliphatic carbocycles. The third kappa shape index (κ3) is 4.45. The molecule has 1 heterocycles. The maximum absolute atomic E-state index is 13.2. The van der Waals surface area contributed by atoms with Gasteiger partial charge in [-0.25, -0.2) is 4.39 Å². The van der Waals surface area contributed by atoms with Gasteiger partial charge in [0.05, 0.1) is 0 Å². The molecular weight excluding hydrogens is 289 g/mol. The molecule has 122 valence electrons. The second-order valence-corrected chi connectivity index (χ2v) is 6.15.